The first-order chi connectivity index (χ1) is 13.2. The molecule has 28 heavy (non-hydrogen) atoms. The Hall–Kier alpha value is -2.38. The zero-order valence-corrected chi connectivity index (χ0v) is 17.4. The Morgan fingerprint density at radius 2 is 1.79 bits per heavy atom. The van der Waals surface area contributed by atoms with Crippen molar-refractivity contribution in [1.29, 1.82) is 0 Å². The number of rotatable bonds is 6. The first kappa shape index (κ1) is 20.4. The van der Waals surface area contributed by atoms with Crippen molar-refractivity contribution in [2.45, 2.75) is 18.2 Å². The molecule has 0 spiro atoms. The largest absolute Gasteiger partial charge is 0.341 e. The lowest BCUT2D eigenvalue weighted by Crippen LogP contribution is -2.32. The van der Waals surface area contributed by atoms with Gasteiger partial charge in [-0.05, 0) is 69.3 Å². The van der Waals surface area contributed by atoms with Crippen molar-refractivity contribution in [1.82, 2.24) is 9.80 Å². The minimum atomic E-state index is -3.69. The second-order valence-corrected chi connectivity index (χ2v) is 9.28. The molecular formula is C21H27N3O3S. The zero-order chi connectivity index (χ0) is 20.3. The van der Waals surface area contributed by atoms with Crippen molar-refractivity contribution < 1.29 is 13.2 Å². The van der Waals surface area contributed by atoms with Gasteiger partial charge >= 0.3 is 0 Å². The third-order valence-corrected chi connectivity index (χ3v) is 6.48. The van der Waals surface area contributed by atoms with Crippen LogP contribution in [-0.4, -0.2) is 57.9 Å². The smallest absolute Gasteiger partial charge is 0.261 e. The SMILES string of the molecule is Cc1ccc(NS(=O)(=O)c2ccc(C(=O)N(C)CC3CCN(C)C3)cc2)cc1. The summed E-state index contributed by atoms with van der Waals surface area (Å²) in [7, 11) is 0.191. The molecule has 0 radical (unpaired) electrons. The number of amides is 1. The van der Waals surface area contributed by atoms with Crippen LogP contribution in [0.3, 0.4) is 0 Å². The van der Waals surface area contributed by atoms with Crippen LogP contribution in [0.5, 0.6) is 0 Å². The fraction of sp³-hybridized carbons (Fsp3) is 0.381. The van der Waals surface area contributed by atoms with Gasteiger partial charge in [0, 0.05) is 31.4 Å². The Morgan fingerprint density at radius 1 is 1.14 bits per heavy atom. The van der Waals surface area contributed by atoms with Gasteiger partial charge in [0.25, 0.3) is 15.9 Å². The first-order valence-corrected chi connectivity index (χ1v) is 10.9. The summed E-state index contributed by atoms with van der Waals surface area (Å²) in [6.07, 6.45) is 1.09. The minimum absolute atomic E-state index is 0.0926. The molecule has 0 bridgehead atoms. The molecule has 1 atom stereocenters. The Labute approximate surface area is 167 Å². The number of aryl methyl sites for hydroxylation is 1. The van der Waals surface area contributed by atoms with E-state index in [9.17, 15) is 13.2 Å². The molecule has 1 fully saturated rings. The van der Waals surface area contributed by atoms with E-state index in [0.29, 0.717) is 23.7 Å². The van der Waals surface area contributed by atoms with E-state index >= 15 is 0 Å². The van der Waals surface area contributed by atoms with Crippen LogP contribution in [0.4, 0.5) is 5.69 Å². The molecule has 2 aromatic rings. The van der Waals surface area contributed by atoms with Crippen molar-refractivity contribution >= 4 is 21.6 Å². The van der Waals surface area contributed by atoms with Crippen molar-refractivity contribution in [2.24, 2.45) is 5.92 Å². The van der Waals surface area contributed by atoms with E-state index in [2.05, 4.69) is 16.7 Å². The van der Waals surface area contributed by atoms with Gasteiger partial charge < -0.3 is 9.80 Å². The summed E-state index contributed by atoms with van der Waals surface area (Å²) in [6, 6.07) is 13.2. The van der Waals surface area contributed by atoms with Gasteiger partial charge in [-0.25, -0.2) is 8.42 Å². The number of carbonyl (C=O) groups excluding carboxylic acids is 1. The van der Waals surface area contributed by atoms with Crippen molar-refractivity contribution in [3.63, 3.8) is 0 Å². The highest BCUT2D eigenvalue weighted by atomic mass is 32.2. The van der Waals surface area contributed by atoms with Gasteiger partial charge in [-0.3, -0.25) is 9.52 Å². The van der Waals surface area contributed by atoms with Crippen LogP contribution in [0.1, 0.15) is 22.3 Å². The summed E-state index contributed by atoms with van der Waals surface area (Å²) in [5.74, 6) is 0.391. The molecule has 6 nitrogen and oxygen atoms in total. The molecule has 1 aliphatic rings. The van der Waals surface area contributed by atoms with Crippen LogP contribution in [0.15, 0.2) is 53.4 Å². The second-order valence-electron chi connectivity index (χ2n) is 7.60. The van der Waals surface area contributed by atoms with Gasteiger partial charge in [-0.15, -0.1) is 0 Å². The Bertz CT molecular complexity index is 924. The fourth-order valence-corrected chi connectivity index (χ4v) is 4.54. The zero-order valence-electron chi connectivity index (χ0n) is 16.6. The third kappa shape index (κ3) is 4.91. The Balaban J connectivity index is 1.66. The molecule has 1 amide bonds. The first-order valence-electron chi connectivity index (χ1n) is 9.38. The molecule has 1 aliphatic heterocycles. The van der Waals surface area contributed by atoms with Crippen LogP contribution in [0.2, 0.25) is 0 Å². The van der Waals surface area contributed by atoms with Gasteiger partial charge in [0.15, 0.2) is 0 Å². The number of sulfonamides is 1. The van der Waals surface area contributed by atoms with Gasteiger partial charge in [0.1, 0.15) is 0 Å². The highest BCUT2D eigenvalue weighted by Gasteiger charge is 2.23. The summed E-state index contributed by atoms with van der Waals surface area (Å²) in [5, 5.41) is 0. The highest BCUT2D eigenvalue weighted by Crippen LogP contribution is 2.19. The number of likely N-dealkylation sites (tertiary alicyclic amines) is 1. The van der Waals surface area contributed by atoms with E-state index in [1.54, 1.807) is 36.2 Å². The molecular weight excluding hydrogens is 374 g/mol. The lowest BCUT2D eigenvalue weighted by Gasteiger charge is -2.21. The summed E-state index contributed by atoms with van der Waals surface area (Å²) in [5.41, 5.74) is 2.05. The average Bonchev–Trinajstić information content (AvgIpc) is 3.07. The predicted octanol–water partition coefficient (Wildman–Crippen LogP) is 2.82. The summed E-state index contributed by atoms with van der Waals surface area (Å²) >= 11 is 0. The average molecular weight is 402 g/mol. The number of anilines is 1. The fourth-order valence-electron chi connectivity index (χ4n) is 3.48. The normalized spacial score (nSPS) is 17.5. The maximum Gasteiger partial charge on any atom is 0.261 e. The molecule has 0 aromatic heterocycles. The van der Waals surface area contributed by atoms with E-state index in [1.807, 2.05) is 19.1 Å². The van der Waals surface area contributed by atoms with Crippen LogP contribution in [0.25, 0.3) is 0 Å². The van der Waals surface area contributed by atoms with Crippen LogP contribution in [0, 0.1) is 12.8 Å². The maximum absolute atomic E-state index is 12.6. The molecule has 2 aromatic carbocycles. The monoisotopic (exact) mass is 401 g/mol. The standard InChI is InChI=1S/C21H27N3O3S/c1-16-4-8-19(9-5-16)22-28(26,27)20-10-6-18(7-11-20)21(25)24(3)15-17-12-13-23(2)14-17/h4-11,17,22H,12-15H2,1-3H3. The summed E-state index contributed by atoms with van der Waals surface area (Å²) < 4.78 is 27.7. The van der Waals surface area contributed by atoms with Crippen molar-refractivity contribution in [2.75, 3.05) is 38.5 Å². The third-order valence-electron chi connectivity index (χ3n) is 5.08. The van der Waals surface area contributed by atoms with E-state index < -0.39 is 10.0 Å². The number of nitrogens with one attached hydrogen (secondary N) is 1. The molecule has 0 aliphatic carbocycles. The van der Waals surface area contributed by atoms with Gasteiger partial charge in [-0.2, -0.15) is 0 Å². The lowest BCUT2D eigenvalue weighted by molar-refractivity contribution is 0.0774. The number of carbonyl (C=O) groups is 1. The highest BCUT2D eigenvalue weighted by molar-refractivity contribution is 7.92. The van der Waals surface area contributed by atoms with Crippen molar-refractivity contribution in [3.8, 4) is 0 Å². The van der Waals surface area contributed by atoms with Gasteiger partial charge in [-0.1, -0.05) is 17.7 Å². The van der Waals surface area contributed by atoms with E-state index in [0.717, 1.165) is 25.1 Å². The quantitative estimate of drug-likeness (QED) is 0.808. The molecule has 1 N–H and O–H groups in total. The lowest BCUT2D eigenvalue weighted by atomic mass is 10.1. The molecule has 7 heteroatoms. The predicted molar refractivity (Wildman–Crippen MR) is 111 cm³/mol. The van der Waals surface area contributed by atoms with Gasteiger partial charge in [0.2, 0.25) is 0 Å². The van der Waals surface area contributed by atoms with Crippen LogP contribution >= 0.6 is 0 Å². The second kappa shape index (κ2) is 8.32. The Morgan fingerprint density at radius 3 is 2.36 bits per heavy atom. The van der Waals surface area contributed by atoms with E-state index in [4.69, 9.17) is 0 Å². The maximum atomic E-state index is 12.6. The topological polar surface area (TPSA) is 69.7 Å². The number of nitrogens with zero attached hydrogens (tertiary/aromatic N) is 2. The molecule has 1 unspecified atom stereocenters. The van der Waals surface area contributed by atoms with Crippen LogP contribution in [-0.2, 0) is 10.0 Å². The Kier molecular flexibility index (Phi) is 6.05. The van der Waals surface area contributed by atoms with E-state index in [1.165, 1.54) is 12.1 Å². The molecule has 1 saturated heterocycles. The van der Waals surface area contributed by atoms with Gasteiger partial charge in [0.05, 0.1) is 4.90 Å². The number of hydrogen-bond donors (Lipinski definition) is 1. The van der Waals surface area contributed by atoms with Crippen molar-refractivity contribution in [3.05, 3.63) is 59.7 Å². The molecule has 0 saturated carbocycles. The van der Waals surface area contributed by atoms with E-state index in [-0.39, 0.29) is 10.8 Å². The number of benzene rings is 2. The summed E-state index contributed by atoms with van der Waals surface area (Å²) in [4.78, 5) is 16.8. The van der Waals surface area contributed by atoms with Crippen LogP contribution < -0.4 is 4.72 Å². The molecule has 1 heterocycles. The molecule has 150 valence electrons. The minimum Gasteiger partial charge on any atom is -0.341 e. The summed E-state index contributed by atoms with van der Waals surface area (Å²) in [6.45, 7) is 4.71. The molecule has 3 rings (SSSR count). The number of hydrogen-bond acceptors (Lipinski definition) is 4.